The van der Waals surface area contributed by atoms with E-state index in [9.17, 15) is 14.4 Å². The molecule has 1 aromatic heterocycles. The topological polar surface area (TPSA) is 101 Å². The van der Waals surface area contributed by atoms with E-state index in [0.29, 0.717) is 22.4 Å². The summed E-state index contributed by atoms with van der Waals surface area (Å²) in [6.45, 7) is 3.41. The van der Waals surface area contributed by atoms with Gasteiger partial charge < -0.3 is 10.6 Å². The Morgan fingerprint density at radius 2 is 1.90 bits per heavy atom. The van der Waals surface area contributed by atoms with Gasteiger partial charge in [-0.25, -0.2) is 4.79 Å². The first kappa shape index (κ1) is 19.8. The number of para-hydroxylation sites is 1. The summed E-state index contributed by atoms with van der Waals surface area (Å²) in [4.78, 5) is 41.7. The zero-order chi connectivity index (χ0) is 21.5. The van der Waals surface area contributed by atoms with Gasteiger partial charge in [0.25, 0.3) is 5.56 Å². The Labute approximate surface area is 179 Å². The highest BCUT2D eigenvalue weighted by atomic mass is 16.2. The molecule has 0 spiro atoms. The van der Waals surface area contributed by atoms with Crippen molar-refractivity contribution in [1.29, 1.82) is 0 Å². The van der Waals surface area contributed by atoms with Gasteiger partial charge in [-0.15, -0.1) is 0 Å². The molecule has 0 bridgehead atoms. The smallest absolute Gasteiger partial charge is 0.329 e. The summed E-state index contributed by atoms with van der Waals surface area (Å²) in [7, 11) is 0. The largest absolute Gasteiger partial charge is 0.366 e. The lowest BCUT2D eigenvalue weighted by Gasteiger charge is -2.18. The Kier molecular flexibility index (Phi) is 4.98. The predicted molar refractivity (Wildman–Crippen MR) is 119 cm³/mol. The van der Waals surface area contributed by atoms with Crippen LogP contribution in [0.25, 0.3) is 10.9 Å². The molecule has 2 aliphatic rings. The molecule has 0 radical (unpaired) electrons. The number of rotatable bonds is 6. The molecule has 1 saturated heterocycles. The van der Waals surface area contributed by atoms with Gasteiger partial charge in [0.2, 0.25) is 5.91 Å². The number of aromatic nitrogens is 2. The van der Waals surface area contributed by atoms with Gasteiger partial charge in [-0.1, -0.05) is 24.3 Å². The zero-order valence-electron chi connectivity index (χ0n) is 17.3. The molecule has 2 aromatic carbocycles. The van der Waals surface area contributed by atoms with Gasteiger partial charge in [-0.3, -0.25) is 19.1 Å². The van der Waals surface area contributed by atoms with Crippen molar-refractivity contribution >= 4 is 16.8 Å². The maximum absolute atomic E-state index is 12.5. The van der Waals surface area contributed by atoms with Crippen LogP contribution in [0, 0.1) is 5.92 Å². The van der Waals surface area contributed by atoms with E-state index in [4.69, 9.17) is 5.73 Å². The standard InChI is InChI=1S/C24H26N4O3/c25-22(29)20-11-16(7-8-18(20)17-9-10-27(14-17)12-15-5-6-15)13-28-21-4-2-1-3-19(21)23(30)26-24(28)31/h1-4,7-8,11,15,17H,5-6,9-10,12-14H2,(H2,25,29)(H,26,30,31). The lowest BCUT2D eigenvalue weighted by molar-refractivity contribution is 0.0999. The molecule has 1 unspecified atom stereocenters. The number of benzene rings is 2. The second kappa shape index (κ2) is 7.81. The van der Waals surface area contributed by atoms with E-state index in [2.05, 4.69) is 9.88 Å². The second-order valence-electron chi connectivity index (χ2n) is 8.84. The fourth-order valence-corrected chi connectivity index (χ4v) is 4.77. The minimum atomic E-state index is -0.472. The number of likely N-dealkylation sites (tertiary alicyclic amines) is 1. The Morgan fingerprint density at radius 1 is 1.10 bits per heavy atom. The number of fused-ring (bicyclic) bond motifs is 1. The summed E-state index contributed by atoms with van der Waals surface area (Å²) in [6.07, 6.45) is 3.69. The molecule has 7 heteroatoms. The van der Waals surface area contributed by atoms with Crippen LogP contribution in [-0.4, -0.2) is 40.0 Å². The van der Waals surface area contributed by atoms with Crippen molar-refractivity contribution < 1.29 is 4.79 Å². The highest BCUT2D eigenvalue weighted by Gasteiger charge is 2.31. The average molecular weight is 418 g/mol. The van der Waals surface area contributed by atoms with Crippen LogP contribution in [0.4, 0.5) is 0 Å². The van der Waals surface area contributed by atoms with Crippen molar-refractivity contribution in [3.05, 3.63) is 80.0 Å². The van der Waals surface area contributed by atoms with Gasteiger partial charge in [0.1, 0.15) is 0 Å². The highest BCUT2D eigenvalue weighted by Crippen LogP contribution is 2.35. The number of hydrogen-bond donors (Lipinski definition) is 2. The number of hydrogen-bond acceptors (Lipinski definition) is 4. The molecule has 2 heterocycles. The van der Waals surface area contributed by atoms with Crippen molar-refractivity contribution in [2.45, 2.75) is 31.7 Å². The summed E-state index contributed by atoms with van der Waals surface area (Å²) < 4.78 is 1.52. The van der Waals surface area contributed by atoms with E-state index in [1.807, 2.05) is 12.1 Å². The fraction of sp³-hybridized carbons (Fsp3) is 0.375. The van der Waals surface area contributed by atoms with Gasteiger partial charge in [0.05, 0.1) is 17.4 Å². The number of aromatic amines is 1. The van der Waals surface area contributed by atoms with Gasteiger partial charge in [-0.2, -0.15) is 0 Å². The van der Waals surface area contributed by atoms with Crippen LogP contribution < -0.4 is 17.0 Å². The van der Waals surface area contributed by atoms with E-state index in [0.717, 1.165) is 43.1 Å². The fourth-order valence-electron chi connectivity index (χ4n) is 4.77. The normalized spacial score (nSPS) is 19.2. The number of primary amides is 1. The average Bonchev–Trinajstić information content (AvgIpc) is 3.45. The molecule has 1 aliphatic heterocycles. The van der Waals surface area contributed by atoms with Gasteiger partial charge in [-0.05, 0) is 67.0 Å². The monoisotopic (exact) mass is 418 g/mol. The number of carbonyl (C=O) groups is 1. The second-order valence-corrected chi connectivity index (χ2v) is 8.84. The highest BCUT2D eigenvalue weighted by molar-refractivity contribution is 5.94. The Bertz CT molecular complexity index is 1270. The summed E-state index contributed by atoms with van der Waals surface area (Å²) in [6, 6.07) is 12.7. The molecule has 1 aliphatic carbocycles. The molecule has 3 aromatic rings. The van der Waals surface area contributed by atoms with Crippen LogP contribution in [0.2, 0.25) is 0 Å². The Balaban J connectivity index is 1.46. The number of nitrogens with two attached hydrogens (primary N) is 1. The summed E-state index contributed by atoms with van der Waals surface area (Å²) >= 11 is 0. The number of carbonyl (C=O) groups excluding carboxylic acids is 1. The van der Waals surface area contributed by atoms with Crippen molar-refractivity contribution in [1.82, 2.24) is 14.5 Å². The first-order chi connectivity index (χ1) is 15.0. The molecule has 7 nitrogen and oxygen atoms in total. The van der Waals surface area contributed by atoms with Gasteiger partial charge >= 0.3 is 5.69 Å². The van der Waals surface area contributed by atoms with Crippen LogP contribution >= 0.6 is 0 Å². The number of nitrogens with zero attached hydrogens (tertiary/aromatic N) is 2. The molecule has 31 heavy (non-hydrogen) atoms. The molecule has 1 atom stereocenters. The summed E-state index contributed by atoms with van der Waals surface area (Å²) in [5, 5.41) is 0.454. The SMILES string of the molecule is NC(=O)c1cc(Cn2c(=O)[nH]c(=O)c3ccccc32)ccc1C1CCN(CC2CC2)C1. The third kappa shape index (κ3) is 3.93. The van der Waals surface area contributed by atoms with Crippen molar-refractivity contribution in [2.75, 3.05) is 19.6 Å². The third-order valence-corrected chi connectivity index (χ3v) is 6.55. The molecule has 1 amide bonds. The van der Waals surface area contributed by atoms with E-state index < -0.39 is 17.2 Å². The molecule has 160 valence electrons. The number of amides is 1. The van der Waals surface area contributed by atoms with Crippen LogP contribution in [0.5, 0.6) is 0 Å². The summed E-state index contributed by atoms with van der Waals surface area (Å²) in [5.74, 6) is 0.699. The maximum atomic E-state index is 12.5. The van der Waals surface area contributed by atoms with E-state index in [1.165, 1.54) is 17.4 Å². The molecule has 3 N–H and O–H groups in total. The van der Waals surface area contributed by atoms with E-state index in [1.54, 1.807) is 30.3 Å². The number of nitrogens with one attached hydrogen (secondary N) is 1. The van der Waals surface area contributed by atoms with Gasteiger partial charge in [0, 0.05) is 18.7 Å². The van der Waals surface area contributed by atoms with Crippen LogP contribution in [0.15, 0.2) is 52.1 Å². The van der Waals surface area contributed by atoms with E-state index in [-0.39, 0.29) is 6.54 Å². The third-order valence-electron chi connectivity index (χ3n) is 6.55. The first-order valence-corrected chi connectivity index (χ1v) is 10.9. The van der Waals surface area contributed by atoms with Crippen LogP contribution in [0.3, 0.4) is 0 Å². The molecule has 2 fully saturated rings. The Hall–Kier alpha value is -3.19. The predicted octanol–water partition coefficient (Wildman–Crippen LogP) is 2.04. The molecule has 5 rings (SSSR count). The number of H-pyrrole nitrogens is 1. The summed E-state index contributed by atoms with van der Waals surface area (Å²) in [5.41, 5.74) is 7.75. The van der Waals surface area contributed by atoms with Crippen molar-refractivity contribution in [3.63, 3.8) is 0 Å². The Morgan fingerprint density at radius 3 is 2.68 bits per heavy atom. The molecule has 1 saturated carbocycles. The van der Waals surface area contributed by atoms with Crippen molar-refractivity contribution in [2.24, 2.45) is 11.7 Å². The minimum absolute atomic E-state index is 0.245. The van der Waals surface area contributed by atoms with Crippen molar-refractivity contribution in [3.8, 4) is 0 Å². The zero-order valence-corrected chi connectivity index (χ0v) is 17.3. The molecular formula is C24H26N4O3. The van der Waals surface area contributed by atoms with Crippen LogP contribution in [-0.2, 0) is 6.54 Å². The molecular weight excluding hydrogens is 392 g/mol. The quantitative estimate of drug-likeness (QED) is 0.640. The maximum Gasteiger partial charge on any atom is 0.329 e. The van der Waals surface area contributed by atoms with E-state index >= 15 is 0 Å². The van der Waals surface area contributed by atoms with Crippen LogP contribution in [0.1, 0.15) is 46.7 Å². The first-order valence-electron chi connectivity index (χ1n) is 10.9. The lowest BCUT2D eigenvalue weighted by Crippen LogP contribution is -2.30. The lowest BCUT2D eigenvalue weighted by atomic mass is 9.91. The minimum Gasteiger partial charge on any atom is -0.366 e. The van der Waals surface area contributed by atoms with Gasteiger partial charge in [0.15, 0.2) is 0 Å².